The zero-order valence-electron chi connectivity index (χ0n) is 15.0. The van der Waals surface area contributed by atoms with Crippen LogP contribution in [0.5, 0.6) is 17.2 Å². The van der Waals surface area contributed by atoms with Gasteiger partial charge in [0.15, 0.2) is 5.52 Å². The van der Waals surface area contributed by atoms with Crippen LogP contribution < -0.4 is 38.4 Å². The van der Waals surface area contributed by atoms with Crippen molar-refractivity contribution < 1.29 is 37.9 Å². The van der Waals surface area contributed by atoms with Gasteiger partial charge in [-0.05, 0) is 33.3 Å². The fourth-order valence-electron chi connectivity index (χ4n) is 2.37. The van der Waals surface area contributed by atoms with Crippen LogP contribution in [-0.2, 0) is 0 Å². The van der Waals surface area contributed by atoms with Gasteiger partial charge in [-0.15, -0.1) is 0 Å². The summed E-state index contributed by atoms with van der Waals surface area (Å²) in [6, 6.07) is 9.50. The van der Waals surface area contributed by atoms with Crippen LogP contribution in [0, 0.1) is 13.8 Å². The number of methoxy groups -OCH3 is 3. The topological polar surface area (TPSA) is 44.8 Å². The first-order valence-corrected chi connectivity index (χ1v) is 8.18. The summed E-state index contributed by atoms with van der Waals surface area (Å²) in [7, 11) is 4.64. The van der Waals surface area contributed by atoms with E-state index < -0.39 is 0 Å². The number of carbonyl (C=O) groups excluding carboxylic acids is 1. The second-order valence-electron chi connectivity index (χ2n) is 5.18. The molecule has 0 radical (unpaired) electrons. The zero-order valence-corrected chi connectivity index (χ0v) is 16.0. The predicted octanol–water partition coefficient (Wildman–Crippen LogP) is 0.477. The first kappa shape index (κ1) is 20.6. The van der Waals surface area contributed by atoms with Crippen molar-refractivity contribution in [2.75, 3.05) is 21.3 Å². The van der Waals surface area contributed by atoms with Crippen molar-refractivity contribution >= 4 is 19.4 Å². The standard InChI is InChI=1S/C18H21O4P.Li/c1-11-6-7-16(12(2)8-11)23-18(19)17-14(21-4)9-13(20-3)10-15(17)22-5;/h6-10,23H,1-5H3;/q;+1. The predicted molar refractivity (Wildman–Crippen MR) is 94.3 cm³/mol. The molecule has 0 spiro atoms. The molecule has 2 rings (SSSR count). The minimum atomic E-state index is -0.0201. The van der Waals surface area contributed by atoms with Crippen LogP contribution in [0.1, 0.15) is 21.5 Å². The number of hydrogen-bond donors (Lipinski definition) is 0. The third kappa shape index (κ3) is 4.54. The Balaban J connectivity index is 0.00000288. The van der Waals surface area contributed by atoms with Crippen molar-refractivity contribution in [3.8, 4) is 17.2 Å². The molecule has 1 atom stereocenters. The maximum absolute atomic E-state index is 12.8. The van der Waals surface area contributed by atoms with Crippen molar-refractivity contribution in [1.82, 2.24) is 0 Å². The molecule has 0 bridgehead atoms. The molecule has 0 fully saturated rings. The minimum absolute atomic E-state index is 0. The van der Waals surface area contributed by atoms with Crippen LogP contribution in [0.15, 0.2) is 30.3 Å². The summed E-state index contributed by atoms with van der Waals surface area (Å²) in [5.41, 5.74) is 2.73. The van der Waals surface area contributed by atoms with Gasteiger partial charge < -0.3 is 14.2 Å². The van der Waals surface area contributed by atoms with Crippen molar-refractivity contribution in [3.63, 3.8) is 0 Å². The molecule has 0 saturated heterocycles. The van der Waals surface area contributed by atoms with Crippen LogP contribution in [0.2, 0.25) is 0 Å². The van der Waals surface area contributed by atoms with E-state index in [-0.39, 0.29) is 33.0 Å². The van der Waals surface area contributed by atoms with Crippen molar-refractivity contribution in [2.24, 2.45) is 0 Å². The molecule has 0 aliphatic rings. The van der Waals surface area contributed by atoms with Crippen molar-refractivity contribution in [1.29, 1.82) is 0 Å². The van der Waals surface area contributed by atoms with Crippen LogP contribution in [0.25, 0.3) is 0 Å². The normalized spacial score (nSPS) is 10.4. The molecule has 0 aliphatic heterocycles. The minimum Gasteiger partial charge on any atom is -0.496 e. The molecule has 122 valence electrons. The third-order valence-electron chi connectivity index (χ3n) is 3.57. The quantitative estimate of drug-likeness (QED) is 0.567. The van der Waals surface area contributed by atoms with Gasteiger partial charge in [-0.25, -0.2) is 0 Å². The van der Waals surface area contributed by atoms with Crippen LogP contribution in [0.4, 0.5) is 0 Å². The summed E-state index contributed by atoms with van der Waals surface area (Å²) in [6.45, 7) is 4.06. The largest absolute Gasteiger partial charge is 1.00 e. The third-order valence-corrected chi connectivity index (χ3v) is 4.88. The summed E-state index contributed by atoms with van der Waals surface area (Å²) in [5.74, 6) is 1.51. The number of carbonyl (C=O) groups is 1. The van der Waals surface area contributed by atoms with Gasteiger partial charge in [0.25, 0.3) is 0 Å². The fraction of sp³-hybridized carbons (Fsp3) is 0.278. The van der Waals surface area contributed by atoms with Gasteiger partial charge in [0.2, 0.25) is 0 Å². The van der Waals surface area contributed by atoms with Crippen molar-refractivity contribution in [3.05, 3.63) is 47.0 Å². The summed E-state index contributed by atoms with van der Waals surface area (Å²) in [4.78, 5) is 12.8. The first-order valence-electron chi connectivity index (χ1n) is 7.18. The van der Waals surface area contributed by atoms with E-state index in [1.54, 1.807) is 19.2 Å². The summed E-state index contributed by atoms with van der Waals surface area (Å²) < 4.78 is 15.9. The van der Waals surface area contributed by atoms with E-state index in [1.165, 1.54) is 19.8 Å². The van der Waals surface area contributed by atoms with E-state index in [0.717, 1.165) is 10.9 Å². The maximum atomic E-state index is 12.8. The monoisotopic (exact) mass is 339 g/mol. The van der Waals surface area contributed by atoms with Gasteiger partial charge in [0.1, 0.15) is 22.8 Å². The molecule has 4 nitrogen and oxygen atoms in total. The molecule has 2 aromatic carbocycles. The average Bonchev–Trinajstić information content (AvgIpc) is 2.55. The smallest absolute Gasteiger partial charge is 0.496 e. The number of ether oxygens (including phenoxy) is 3. The van der Waals surface area contributed by atoms with Crippen LogP contribution in [-0.4, -0.2) is 26.9 Å². The van der Waals surface area contributed by atoms with Crippen LogP contribution >= 0.6 is 8.58 Å². The van der Waals surface area contributed by atoms with Gasteiger partial charge in [-0.3, -0.25) is 4.79 Å². The molecule has 0 amide bonds. The summed E-state index contributed by atoms with van der Waals surface area (Å²) in [6.07, 6.45) is 0. The molecule has 0 aromatic heterocycles. The van der Waals surface area contributed by atoms with Gasteiger partial charge in [-0.1, -0.05) is 23.8 Å². The van der Waals surface area contributed by atoms with E-state index in [2.05, 4.69) is 6.07 Å². The Morgan fingerprint density at radius 2 is 1.50 bits per heavy atom. The van der Waals surface area contributed by atoms with Crippen molar-refractivity contribution in [2.45, 2.75) is 13.8 Å². The molecule has 0 saturated carbocycles. The number of benzene rings is 2. The Hall–Kier alpha value is -1.46. The molecule has 0 heterocycles. The van der Waals surface area contributed by atoms with E-state index in [4.69, 9.17) is 14.2 Å². The Morgan fingerprint density at radius 3 is 1.96 bits per heavy atom. The van der Waals surface area contributed by atoms with E-state index in [1.807, 2.05) is 26.0 Å². The maximum Gasteiger partial charge on any atom is 1.00 e. The Labute approximate surface area is 156 Å². The molecule has 0 N–H and O–H groups in total. The molecule has 1 unspecified atom stereocenters. The van der Waals surface area contributed by atoms with Gasteiger partial charge in [-0.2, -0.15) is 0 Å². The van der Waals surface area contributed by atoms with E-state index >= 15 is 0 Å². The summed E-state index contributed by atoms with van der Waals surface area (Å²) in [5, 5.41) is 1.03. The Kier molecular flexibility index (Phi) is 7.83. The summed E-state index contributed by atoms with van der Waals surface area (Å²) >= 11 is 0. The Bertz CT molecular complexity index is 706. The number of rotatable bonds is 6. The zero-order chi connectivity index (χ0) is 17.0. The number of hydrogen-bond acceptors (Lipinski definition) is 4. The average molecular weight is 339 g/mol. The van der Waals surface area contributed by atoms with E-state index in [0.29, 0.717) is 22.8 Å². The number of aryl methyl sites for hydroxylation is 2. The second kappa shape index (κ2) is 9.13. The van der Waals surface area contributed by atoms with Gasteiger partial charge >= 0.3 is 18.9 Å². The molecule has 0 aliphatic carbocycles. The fourth-order valence-corrected chi connectivity index (χ4v) is 3.42. The SMILES string of the molecule is COc1cc(OC)c(C(=O)Pc2ccc(C)cc2C)c(OC)c1.[Li+]. The Morgan fingerprint density at radius 1 is 0.917 bits per heavy atom. The van der Waals surface area contributed by atoms with E-state index in [9.17, 15) is 4.79 Å². The molecule has 24 heavy (non-hydrogen) atoms. The molecular formula is C18H21LiO4P+. The first-order chi connectivity index (χ1) is 11.0. The molecular weight excluding hydrogens is 318 g/mol. The van der Waals surface area contributed by atoms with Gasteiger partial charge in [0, 0.05) is 12.1 Å². The molecule has 6 heteroatoms. The van der Waals surface area contributed by atoms with Gasteiger partial charge in [0.05, 0.1) is 21.3 Å². The second-order valence-corrected chi connectivity index (χ2v) is 6.42. The van der Waals surface area contributed by atoms with Crippen LogP contribution in [0.3, 0.4) is 0 Å². The molecule has 2 aromatic rings.